The predicted molar refractivity (Wildman–Crippen MR) is 104 cm³/mol. The van der Waals surface area contributed by atoms with Gasteiger partial charge < -0.3 is 11.1 Å². The molecule has 0 radical (unpaired) electrons. The van der Waals surface area contributed by atoms with Gasteiger partial charge in [0.05, 0.1) is 6.04 Å². The summed E-state index contributed by atoms with van der Waals surface area (Å²) in [4.78, 5) is 14.6. The molecule has 1 amide bonds. The molecule has 4 nitrogen and oxygen atoms in total. The molecular weight excluding hydrogens is 334 g/mol. The van der Waals surface area contributed by atoms with Gasteiger partial charge in [0.25, 0.3) is 0 Å². The molecule has 3 atom stereocenters. The molecule has 2 aromatic carbocycles. The van der Waals surface area contributed by atoms with Crippen LogP contribution in [0, 0.1) is 0 Å². The van der Waals surface area contributed by atoms with Crippen molar-refractivity contribution in [2.24, 2.45) is 5.73 Å². The Kier molecular flexibility index (Phi) is 7.00. The smallest absolute Gasteiger partial charge is 0.237 e. The lowest BCUT2D eigenvalue weighted by molar-refractivity contribution is -0.125. The Morgan fingerprint density at radius 2 is 1.72 bits per heavy atom. The highest BCUT2D eigenvalue weighted by atomic mass is 35.5. The third-order valence-electron chi connectivity index (χ3n) is 4.86. The van der Waals surface area contributed by atoms with Crippen molar-refractivity contribution in [3.63, 3.8) is 0 Å². The number of hydrogen-bond acceptors (Lipinski definition) is 3. The van der Waals surface area contributed by atoms with E-state index < -0.39 is 0 Å². The minimum atomic E-state index is -0.173. The van der Waals surface area contributed by atoms with E-state index >= 15 is 0 Å². The predicted octanol–water partition coefficient (Wildman–Crippen LogP) is 2.54. The lowest BCUT2D eigenvalue weighted by atomic mass is 9.95. The lowest BCUT2D eigenvalue weighted by Crippen LogP contribution is -2.44. The van der Waals surface area contributed by atoms with Crippen LogP contribution >= 0.6 is 12.4 Å². The molecule has 0 aromatic heterocycles. The van der Waals surface area contributed by atoms with Crippen LogP contribution in [0.3, 0.4) is 0 Å². The van der Waals surface area contributed by atoms with Crippen molar-refractivity contribution in [1.29, 1.82) is 0 Å². The van der Waals surface area contributed by atoms with E-state index in [1.807, 2.05) is 55.5 Å². The van der Waals surface area contributed by atoms with Gasteiger partial charge in [-0.1, -0.05) is 60.7 Å². The number of nitrogens with one attached hydrogen (secondary N) is 1. The van der Waals surface area contributed by atoms with E-state index in [4.69, 9.17) is 5.73 Å². The number of benzene rings is 2. The Labute approximate surface area is 155 Å². The van der Waals surface area contributed by atoms with Crippen LogP contribution in [0.15, 0.2) is 60.7 Å². The molecule has 134 valence electrons. The van der Waals surface area contributed by atoms with Crippen LogP contribution in [0.25, 0.3) is 0 Å². The lowest BCUT2D eigenvalue weighted by Gasteiger charge is -2.23. The summed E-state index contributed by atoms with van der Waals surface area (Å²) >= 11 is 0. The molecule has 0 saturated carbocycles. The number of amides is 1. The normalized spacial score (nSPS) is 21.4. The van der Waals surface area contributed by atoms with Gasteiger partial charge in [-0.05, 0) is 18.1 Å². The summed E-state index contributed by atoms with van der Waals surface area (Å²) in [5, 5.41) is 3.02. The van der Waals surface area contributed by atoms with Gasteiger partial charge in [-0.2, -0.15) is 0 Å². The fourth-order valence-corrected chi connectivity index (χ4v) is 3.33. The monoisotopic (exact) mass is 359 g/mol. The van der Waals surface area contributed by atoms with E-state index in [-0.39, 0.29) is 36.3 Å². The summed E-state index contributed by atoms with van der Waals surface area (Å²) in [6, 6.07) is 20.2. The number of carbonyl (C=O) groups is 1. The van der Waals surface area contributed by atoms with Gasteiger partial charge in [0.1, 0.15) is 0 Å². The van der Waals surface area contributed by atoms with Crippen molar-refractivity contribution >= 4 is 18.3 Å². The maximum atomic E-state index is 12.5. The maximum Gasteiger partial charge on any atom is 0.237 e. The SMILES string of the molecule is CC(C(=O)NCc1ccccc1)N1C[C@@H](N)[C@H](c2ccccc2)C1.Cl. The van der Waals surface area contributed by atoms with Gasteiger partial charge >= 0.3 is 0 Å². The molecule has 3 rings (SSSR count). The summed E-state index contributed by atoms with van der Waals surface area (Å²) < 4.78 is 0. The van der Waals surface area contributed by atoms with Crippen LogP contribution in [0.4, 0.5) is 0 Å². The first-order chi connectivity index (χ1) is 11.6. The molecule has 1 saturated heterocycles. The van der Waals surface area contributed by atoms with Crippen molar-refractivity contribution in [1.82, 2.24) is 10.2 Å². The summed E-state index contributed by atoms with van der Waals surface area (Å²) in [6.07, 6.45) is 0. The highest BCUT2D eigenvalue weighted by Gasteiger charge is 2.35. The van der Waals surface area contributed by atoms with Crippen molar-refractivity contribution in [2.45, 2.75) is 31.5 Å². The molecule has 1 aliphatic heterocycles. The van der Waals surface area contributed by atoms with Crippen LogP contribution in [-0.4, -0.2) is 36.0 Å². The molecule has 3 N–H and O–H groups in total. The first-order valence-corrected chi connectivity index (χ1v) is 8.51. The van der Waals surface area contributed by atoms with E-state index in [2.05, 4.69) is 22.3 Å². The van der Waals surface area contributed by atoms with Crippen LogP contribution in [0.2, 0.25) is 0 Å². The van der Waals surface area contributed by atoms with Crippen molar-refractivity contribution in [3.8, 4) is 0 Å². The molecule has 1 fully saturated rings. The Morgan fingerprint density at radius 3 is 2.36 bits per heavy atom. The molecule has 5 heteroatoms. The average Bonchev–Trinajstić information content (AvgIpc) is 3.02. The summed E-state index contributed by atoms with van der Waals surface area (Å²) in [5.41, 5.74) is 8.69. The van der Waals surface area contributed by atoms with E-state index in [9.17, 15) is 4.79 Å². The van der Waals surface area contributed by atoms with Crippen molar-refractivity contribution in [2.75, 3.05) is 13.1 Å². The zero-order valence-electron chi connectivity index (χ0n) is 14.5. The van der Waals surface area contributed by atoms with Gasteiger partial charge in [-0.25, -0.2) is 0 Å². The second-order valence-corrected chi connectivity index (χ2v) is 6.51. The Morgan fingerprint density at radius 1 is 1.12 bits per heavy atom. The number of likely N-dealkylation sites (tertiary alicyclic amines) is 1. The summed E-state index contributed by atoms with van der Waals surface area (Å²) in [6.45, 7) is 4.09. The summed E-state index contributed by atoms with van der Waals surface area (Å²) in [5.74, 6) is 0.343. The van der Waals surface area contributed by atoms with Crippen LogP contribution < -0.4 is 11.1 Å². The molecule has 1 aliphatic rings. The minimum absolute atomic E-state index is 0. The van der Waals surface area contributed by atoms with Crippen molar-refractivity contribution < 1.29 is 4.79 Å². The van der Waals surface area contributed by atoms with Gasteiger partial charge in [0.15, 0.2) is 0 Å². The number of hydrogen-bond donors (Lipinski definition) is 2. The average molecular weight is 360 g/mol. The summed E-state index contributed by atoms with van der Waals surface area (Å²) in [7, 11) is 0. The minimum Gasteiger partial charge on any atom is -0.351 e. The standard InChI is InChI=1S/C20H25N3O.ClH/c1-15(20(24)22-12-16-8-4-2-5-9-16)23-13-18(19(21)14-23)17-10-6-3-7-11-17;/h2-11,15,18-19H,12-14,21H2,1H3,(H,22,24);1H/t15?,18-,19+;/m0./s1. The maximum absolute atomic E-state index is 12.5. The number of nitrogens with zero attached hydrogens (tertiary/aromatic N) is 1. The second-order valence-electron chi connectivity index (χ2n) is 6.51. The van der Waals surface area contributed by atoms with Crippen molar-refractivity contribution in [3.05, 3.63) is 71.8 Å². The molecule has 1 heterocycles. The molecule has 2 aromatic rings. The van der Waals surface area contributed by atoms with E-state index in [0.29, 0.717) is 6.54 Å². The van der Waals surface area contributed by atoms with Gasteiger partial charge in [-0.15, -0.1) is 12.4 Å². The molecule has 0 spiro atoms. The first-order valence-electron chi connectivity index (χ1n) is 8.51. The largest absolute Gasteiger partial charge is 0.351 e. The zero-order valence-corrected chi connectivity index (χ0v) is 15.3. The van der Waals surface area contributed by atoms with E-state index in [0.717, 1.165) is 18.7 Å². The highest BCUT2D eigenvalue weighted by Crippen LogP contribution is 2.27. The molecule has 0 aliphatic carbocycles. The zero-order chi connectivity index (χ0) is 16.9. The quantitative estimate of drug-likeness (QED) is 0.862. The molecule has 0 bridgehead atoms. The van der Waals surface area contributed by atoms with Crippen LogP contribution in [0.1, 0.15) is 24.0 Å². The second kappa shape index (κ2) is 8.99. The van der Waals surface area contributed by atoms with E-state index in [1.54, 1.807) is 0 Å². The Hall–Kier alpha value is -1.88. The fraction of sp³-hybridized carbons (Fsp3) is 0.350. The topological polar surface area (TPSA) is 58.4 Å². The number of rotatable bonds is 5. The molecule has 1 unspecified atom stereocenters. The van der Waals surface area contributed by atoms with Crippen LogP contribution in [0.5, 0.6) is 0 Å². The fourth-order valence-electron chi connectivity index (χ4n) is 3.33. The van der Waals surface area contributed by atoms with Crippen LogP contribution in [-0.2, 0) is 11.3 Å². The number of carbonyl (C=O) groups excluding carboxylic acids is 1. The third kappa shape index (κ3) is 4.82. The third-order valence-corrected chi connectivity index (χ3v) is 4.86. The Bertz CT molecular complexity index is 665. The van der Waals surface area contributed by atoms with Gasteiger partial charge in [-0.3, -0.25) is 9.69 Å². The molecular formula is C20H26ClN3O. The molecule has 25 heavy (non-hydrogen) atoms. The van der Waals surface area contributed by atoms with Gasteiger partial charge in [0.2, 0.25) is 5.91 Å². The number of halogens is 1. The highest BCUT2D eigenvalue weighted by molar-refractivity contribution is 5.85. The van der Waals surface area contributed by atoms with Gasteiger partial charge in [0, 0.05) is 31.6 Å². The Balaban J connectivity index is 0.00000225. The first kappa shape index (κ1) is 19.4. The van der Waals surface area contributed by atoms with E-state index in [1.165, 1.54) is 5.56 Å². The number of nitrogens with two attached hydrogens (primary N) is 1.